The van der Waals surface area contributed by atoms with Gasteiger partial charge in [0, 0.05) is 31.3 Å². The predicted molar refractivity (Wildman–Crippen MR) is 126 cm³/mol. The predicted octanol–water partition coefficient (Wildman–Crippen LogP) is 2.64. The summed E-state index contributed by atoms with van der Waals surface area (Å²) in [6.07, 6.45) is 3.82. The lowest BCUT2D eigenvalue weighted by Crippen LogP contribution is -2.37. The van der Waals surface area contributed by atoms with Crippen molar-refractivity contribution >= 4 is 54.8 Å². The number of nitrogens with zero attached hydrogens (tertiary/aromatic N) is 3. The van der Waals surface area contributed by atoms with E-state index in [1.54, 1.807) is 17.0 Å². The van der Waals surface area contributed by atoms with E-state index in [2.05, 4.69) is 4.99 Å². The summed E-state index contributed by atoms with van der Waals surface area (Å²) in [5, 5.41) is 0.559. The third kappa shape index (κ3) is 6.87. The molecule has 0 atom stereocenters. The number of aromatic nitrogens is 1. The Morgan fingerprint density at radius 1 is 1.16 bits per heavy atom. The van der Waals surface area contributed by atoms with Crippen LogP contribution in [0.25, 0.3) is 10.2 Å². The molecule has 32 heavy (non-hydrogen) atoms. The van der Waals surface area contributed by atoms with E-state index in [9.17, 15) is 18.0 Å². The Balaban J connectivity index is 1.77. The molecule has 0 radical (unpaired) electrons. The maximum atomic E-state index is 12.5. The summed E-state index contributed by atoms with van der Waals surface area (Å²) in [6, 6.07) is 5.36. The highest BCUT2D eigenvalue weighted by atomic mass is 35.5. The molecule has 0 N–H and O–H groups in total. The van der Waals surface area contributed by atoms with Gasteiger partial charge >= 0.3 is 0 Å². The largest absolute Gasteiger partial charge is 0.380 e. The van der Waals surface area contributed by atoms with E-state index in [0.717, 1.165) is 35.9 Å². The van der Waals surface area contributed by atoms with Crippen molar-refractivity contribution < 1.29 is 22.7 Å². The lowest BCUT2D eigenvalue weighted by atomic mass is 10.2. The Hall–Kier alpha value is -1.75. The highest BCUT2D eigenvalue weighted by Gasteiger charge is 2.25. The molecule has 0 spiro atoms. The fourth-order valence-corrected chi connectivity index (χ4v) is 6.08. The van der Waals surface area contributed by atoms with Crippen LogP contribution in [0.2, 0.25) is 5.02 Å². The van der Waals surface area contributed by atoms with Crippen LogP contribution in [0.3, 0.4) is 0 Å². The normalized spacial score (nSPS) is 15.8. The second kappa shape index (κ2) is 11.4. The Morgan fingerprint density at radius 3 is 2.56 bits per heavy atom. The molecule has 0 unspecified atom stereocenters. The van der Waals surface area contributed by atoms with Crippen LogP contribution in [0.4, 0.5) is 0 Å². The highest BCUT2D eigenvalue weighted by Crippen LogP contribution is 2.22. The summed E-state index contributed by atoms with van der Waals surface area (Å²) in [5.41, 5.74) is 0.838. The van der Waals surface area contributed by atoms with Crippen molar-refractivity contribution in [1.82, 2.24) is 9.47 Å². The molecular formula is C21H28ClN3O5S2. The fourth-order valence-electron chi connectivity index (χ4n) is 3.63. The van der Waals surface area contributed by atoms with Gasteiger partial charge in [-0.2, -0.15) is 4.99 Å². The van der Waals surface area contributed by atoms with Crippen LogP contribution in [-0.4, -0.2) is 67.5 Å². The number of ether oxygens (including phenoxy) is 1. The van der Waals surface area contributed by atoms with Gasteiger partial charge in [-0.3, -0.25) is 9.59 Å². The van der Waals surface area contributed by atoms with Gasteiger partial charge in [0.1, 0.15) is 11.5 Å². The van der Waals surface area contributed by atoms with E-state index >= 15 is 0 Å². The lowest BCUT2D eigenvalue weighted by Gasteiger charge is -2.19. The molecule has 176 valence electrons. The molecule has 1 aliphatic rings. The Morgan fingerprint density at radius 2 is 1.88 bits per heavy atom. The Labute approximate surface area is 196 Å². The van der Waals surface area contributed by atoms with Crippen molar-refractivity contribution in [3.8, 4) is 0 Å². The van der Waals surface area contributed by atoms with Gasteiger partial charge in [0.15, 0.2) is 14.6 Å². The van der Waals surface area contributed by atoms with Crippen molar-refractivity contribution in [1.29, 1.82) is 0 Å². The van der Waals surface area contributed by atoms with Gasteiger partial charge in [-0.15, -0.1) is 0 Å². The maximum absolute atomic E-state index is 12.5. The molecule has 1 fully saturated rings. The minimum Gasteiger partial charge on any atom is -0.380 e. The summed E-state index contributed by atoms with van der Waals surface area (Å²) in [5.74, 6) is -2.70. The van der Waals surface area contributed by atoms with Crippen molar-refractivity contribution in [2.24, 2.45) is 4.99 Å². The van der Waals surface area contributed by atoms with Gasteiger partial charge < -0.3 is 14.2 Å². The first-order valence-corrected chi connectivity index (χ1v) is 13.7. The van der Waals surface area contributed by atoms with Gasteiger partial charge in [0.2, 0.25) is 5.91 Å². The molecule has 1 aliphatic heterocycles. The molecule has 0 aliphatic carbocycles. The smallest absolute Gasteiger partial charge is 0.263 e. The van der Waals surface area contributed by atoms with E-state index in [1.807, 2.05) is 17.6 Å². The summed E-state index contributed by atoms with van der Waals surface area (Å²) < 4.78 is 33.1. The van der Waals surface area contributed by atoms with Crippen molar-refractivity contribution in [3.05, 3.63) is 28.0 Å². The first kappa shape index (κ1) is 24.9. The number of hydrogen-bond donors (Lipinski definition) is 0. The number of halogens is 1. The molecule has 0 bridgehead atoms. The number of sulfone groups is 1. The molecule has 3 rings (SSSR count). The summed E-state index contributed by atoms with van der Waals surface area (Å²) in [6.45, 7) is 4.47. The van der Waals surface area contributed by atoms with E-state index in [-0.39, 0.29) is 0 Å². The number of carbonyl (C=O) groups is 2. The average Bonchev–Trinajstić information content (AvgIpc) is 2.89. The maximum Gasteiger partial charge on any atom is 0.263 e. The van der Waals surface area contributed by atoms with E-state index in [0.29, 0.717) is 42.7 Å². The summed E-state index contributed by atoms with van der Waals surface area (Å²) >= 11 is 7.34. The van der Waals surface area contributed by atoms with Gasteiger partial charge in [0.25, 0.3) is 5.91 Å². The molecule has 2 heterocycles. The fraction of sp³-hybridized carbons (Fsp3) is 0.571. The molecule has 1 saturated heterocycles. The molecule has 8 nitrogen and oxygen atoms in total. The Bertz CT molecular complexity index is 1130. The monoisotopic (exact) mass is 501 g/mol. The summed E-state index contributed by atoms with van der Waals surface area (Å²) in [7, 11) is -3.92. The summed E-state index contributed by atoms with van der Waals surface area (Å²) in [4.78, 5) is 31.0. The zero-order valence-electron chi connectivity index (χ0n) is 18.1. The first-order valence-electron chi connectivity index (χ1n) is 10.7. The lowest BCUT2D eigenvalue weighted by molar-refractivity contribution is -0.128. The standard InChI is InChI=1S/C21H28ClN3O5S2/c1-2-30-12-11-25-17-8-7-16(22)13-18(17)31-21(25)23-19(26)14-32(28,29)15-20(27)24-9-5-3-4-6-10-24/h7-8,13H,2-6,9-12,14-15H2,1H3. The van der Waals surface area contributed by atoms with Gasteiger partial charge in [-0.05, 0) is 38.0 Å². The van der Waals surface area contributed by atoms with Gasteiger partial charge in [0.05, 0.1) is 16.8 Å². The van der Waals surface area contributed by atoms with E-state index < -0.39 is 33.2 Å². The number of benzene rings is 1. The van der Waals surface area contributed by atoms with Crippen LogP contribution in [0.5, 0.6) is 0 Å². The quantitative estimate of drug-likeness (QED) is 0.518. The number of likely N-dealkylation sites (tertiary alicyclic amines) is 1. The van der Waals surface area contributed by atoms with Gasteiger partial charge in [-0.1, -0.05) is 35.8 Å². The van der Waals surface area contributed by atoms with Crippen molar-refractivity contribution in [3.63, 3.8) is 0 Å². The van der Waals surface area contributed by atoms with Crippen LogP contribution in [0, 0.1) is 0 Å². The zero-order chi connectivity index (χ0) is 23.1. The molecule has 1 aromatic carbocycles. The van der Waals surface area contributed by atoms with E-state index in [1.165, 1.54) is 11.3 Å². The minimum atomic E-state index is -3.92. The third-order valence-corrected chi connectivity index (χ3v) is 7.82. The van der Waals surface area contributed by atoms with E-state index in [4.69, 9.17) is 16.3 Å². The van der Waals surface area contributed by atoms with Crippen LogP contribution in [0.1, 0.15) is 32.6 Å². The number of hydrogen-bond acceptors (Lipinski definition) is 6. The number of rotatable bonds is 8. The first-order chi connectivity index (χ1) is 15.3. The average molecular weight is 502 g/mol. The molecule has 2 amide bonds. The number of fused-ring (bicyclic) bond motifs is 1. The van der Waals surface area contributed by atoms with Crippen molar-refractivity contribution in [2.75, 3.05) is 37.8 Å². The second-order valence-corrected chi connectivity index (χ2v) is 11.2. The molecule has 1 aromatic heterocycles. The topological polar surface area (TPSA) is 98.0 Å². The van der Waals surface area contributed by atoms with Crippen LogP contribution in [-0.2, 0) is 30.7 Å². The Kier molecular flexibility index (Phi) is 8.87. The van der Waals surface area contributed by atoms with Crippen molar-refractivity contribution in [2.45, 2.75) is 39.2 Å². The number of carbonyl (C=O) groups excluding carboxylic acids is 2. The van der Waals surface area contributed by atoms with Crippen LogP contribution in [0.15, 0.2) is 23.2 Å². The third-order valence-electron chi connectivity index (χ3n) is 5.17. The van der Waals surface area contributed by atoms with Gasteiger partial charge in [-0.25, -0.2) is 8.42 Å². The number of amides is 2. The van der Waals surface area contributed by atoms with Crippen LogP contribution >= 0.6 is 22.9 Å². The molecule has 2 aromatic rings. The molecular weight excluding hydrogens is 474 g/mol. The zero-order valence-corrected chi connectivity index (χ0v) is 20.5. The number of thiazole rings is 1. The SMILES string of the molecule is CCOCCn1c(=NC(=O)CS(=O)(=O)CC(=O)N2CCCCCC2)sc2cc(Cl)ccc21. The van der Waals surface area contributed by atoms with Crippen LogP contribution < -0.4 is 4.80 Å². The second-order valence-electron chi connectivity index (χ2n) is 7.68. The minimum absolute atomic E-state index is 0.376. The molecule has 0 saturated carbocycles. The molecule has 11 heteroatoms. The highest BCUT2D eigenvalue weighted by molar-refractivity contribution is 7.92.